The van der Waals surface area contributed by atoms with Gasteiger partial charge in [0.1, 0.15) is 6.61 Å². The van der Waals surface area contributed by atoms with E-state index in [1.165, 1.54) is 6.07 Å². The zero-order chi connectivity index (χ0) is 17.4. The van der Waals surface area contributed by atoms with Gasteiger partial charge in [0, 0.05) is 0 Å². The fourth-order valence-electron chi connectivity index (χ4n) is 1.86. The van der Waals surface area contributed by atoms with Crippen LogP contribution in [0.1, 0.15) is 20.8 Å². The maximum atomic E-state index is 14.0. The van der Waals surface area contributed by atoms with Crippen molar-refractivity contribution in [2.45, 2.75) is 45.0 Å². The molecule has 0 amide bonds. The fourth-order valence-corrected chi connectivity index (χ4v) is 2.90. The van der Waals surface area contributed by atoms with E-state index in [1.807, 2.05) is 0 Å². The van der Waals surface area contributed by atoms with Crippen molar-refractivity contribution in [1.82, 2.24) is 0 Å². The van der Waals surface area contributed by atoms with E-state index in [-0.39, 0.29) is 28.8 Å². The number of non-ortho nitro benzene ring substituents is 1. The van der Waals surface area contributed by atoms with Crippen LogP contribution in [0.5, 0.6) is 11.5 Å². The molecule has 1 heterocycles. The highest BCUT2D eigenvalue weighted by molar-refractivity contribution is 6.74. The minimum atomic E-state index is -1.94. The van der Waals surface area contributed by atoms with E-state index in [1.54, 1.807) is 0 Å². The van der Waals surface area contributed by atoms with Crippen LogP contribution in [0.15, 0.2) is 12.1 Å². The van der Waals surface area contributed by atoms with Crippen molar-refractivity contribution in [3.8, 4) is 11.5 Å². The summed E-state index contributed by atoms with van der Waals surface area (Å²) in [5.74, 6) is -0.836. The van der Waals surface area contributed by atoms with Crippen LogP contribution in [-0.2, 0) is 4.43 Å². The van der Waals surface area contributed by atoms with Crippen molar-refractivity contribution in [1.29, 1.82) is 0 Å². The van der Waals surface area contributed by atoms with Gasteiger partial charge in [-0.15, -0.1) is 0 Å². The molecule has 0 fully saturated rings. The second-order valence-corrected chi connectivity index (χ2v) is 11.9. The summed E-state index contributed by atoms with van der Waals surface area (Å²) in [7, 11) is -1.94. The molecule has 0 N–H and O–H groups in total. The first-order valence-electron chi connectivity index (χ1n) is 7.42. The minimum Gasteiger partial charge on any atom is -0.485 e. The van der Waals surface area contributed by atoms with E-state index < -0.39 is 25.2 Å². The maximum absolute atomic E-state index is 14.0. The van der Waals surface area contributed by atoms with Gasteiger partial charge in [0.2, 0.25) is 0 Å². The van der Waals surface area contributed by atoms with Crippen LogP contribution in [-0.4, -0.2) is 32.6 Å². The first-order chi connectivity index (χ1) is 10.5. The molecule has 0 bridgehead atoms. The van der Waals surface area contributed by atoms with Gasteiger partial charge in [0.15, 0.2) is 31.7 Å². The standard InChI is InChI=1S/C15H22FNO5Si/c1-15(2,3)23(4,5)21-9-11-8-20-13-7-10(17(18)19)6-12(16)14(13)22-11/h6-7,11H,8-9H2,1-5H3/t11-/m1/s1. The van der Waals surface area contributed by atoms with E-state index in [2.05, 4.69) is 33.9 Å². The second kappa shape index (κ2) is 6.08. The number of hydrogen-bond acceptors (Lipinski definition) is 5. The Kier molecular flexibility index (Phi) is 4.68. The average molecular weight is 343 g/mol. The highest BCUT2D eigenvalue weighted by Crippen LogP contribution is 2.39. The number of rotatable bonds is 4. The number of nitro benzene ring substituents is 1. The van der Waals surface area contributed by atoms with Gasteiger partial charge in [-0.05, 0) is 18.1 Å². The van der Waals surface area contributed by atoms with Crippen LogP contribution in [0.2, 0.25) is 18.1 Å². The molecule has 1 aliphatic rings. The summed E-state index contributed by atoms with van der Waals surface area (Å²) in [5.41, 5.74) is -0.360. The van der Waals surface area contributed by atoms with Crippen molar-refractivity contribution in [3.05, 3.63) is 28.1 Å². The Morgan fingerprint density at radius 2 is 2.09 bits per heavy atom. The van der Waals surface area contributed by atoms with E-state index in [0.29, 0.717) is 6.61 Å². The Bertz CT molecular complexity index is 615. The Morgan fingerprint density at radius 1 is 1.43 bits per heavy atom. The lowest BCUT2D eigenvalue weighted by atomic mass is 10.2. The van der Waals surface area contributed by atoms with Gasteiger partial charge >= 0.3 is 0 Å². The molecule has 0 spiro atoms. The van der Waals surface area contributed by atoms with Crippen LogP contribution < -0.4 is 9.47 Å². The third-order valence-electron chi connectivity index (χ3n) is 4.35. The average Bonchev–Trinajstić information content (AvgIpc) is 2.44. The molecule has 6 nitrogen and oxygen atoms in total. The van der Waals surface area contributed by atoms with Crippen molar-refractivity contribution in [2.24, 2.45) is 0 Å². The molecule has 1 aliphatic heterocycles. The van der Waals surface area contributed by atoms with Crippen molar-refractivity contribution >= 4 is 14.0 Å². The summed E-state index contributed by atoms with van der Waals surface area (Å²) in [6, 6.07) is 2.00. The number of hydrogen-bond donors (Lipinski definition) is 0. The topological polar surface area (TPSA) is 70.8 Å². The van der Waals surface area contributed by atoms with Gasteiger partial charge in [0.25, 0.3) is 5.69 Å². The normalized spacial score (nSPS) is 17.9. The fraction of sp³-hybridized carbons (Fsp3) is 0.600. The number of ether oxygens (including phenoxy) is 2. The summed E-state index contributed by atoms with van der Waals surface area (Å²) in [6.45, 7) is 11.1. The lowest BCUT2D eigenvalue weighted by Crippen LogP contribution is -2.45. The lowest BCUT2D eigenvalue weighted by Gasteiger charge is -2.37. The predicted octanol–water partition coefficient (Wildman–Crippen LogP) is 3.90. The number of benzene rings is 1. The molecule has 0 aliphatic carbocycles. The summed E-state index contributed by atoms with van der Waals surface area (Å²) >= 11 is 0. The van der Waals surface area contributed by atoms with E-state index >= 15 is 0 Å². The highest BCUT2D eigenvalue weighted by Gasteiger charge is 2.38. The Labute approximate surface area is 135 Å². The molecule has 23 heavy (non-hydrogen) atoms. The summed E-state index contributed by atoms with van der Waals surface area (Å²) in [5, 5.41) is 10.8. The van der Waals surface area contributed by atoms with E-state index in [4.69, 9.17) is 13.9 Å². The largest absolute Gasteiger partial charge is 0.485 e. The van der Waals surface area contributed by atoms with E-state index in [9.17, 15) is 14.5 Å². The summed E-state index contributed by atoms with van der Waals surface area (Å²) in [4.78, 5) is 10.1. The molecule has 1 aromatic rings. The molecule has 8 heteroatoms. The number of nitrogens with zero attached hydrogens (tertiary/aromatic N) is 1. The van der Waals surface area contributed by atoms with Gasteiger partial charge in [-0.2, -0.15) is 0 Å². The monoisotopic (exact) mass is 343 g/mol. The highest BCUT2D eigenvalue weighted by atomic mass is 28.4. The zero-order valence-corrected chi connectivity index (χ0v) is 15.0. The first-order valence-corrected chi connectivity index (χ1v) is 10.3. The number of fused-ring (bicyclic) bond motifs is 1. The molecular formula is C15H22FNO5Si. The van der Waals surface area contributed by atoms with Crippen LogP contribution in [0.25, 0.3) is 0 Å². The van der Waals surface area contributed by atoms with Gasteiger partial charge in [-0.3, -0.25) is 10.1 Å². The first kappa shape index (κ1) is 17.7. The molecule has 1 atom stereocenters. The smallest absolute Gasteiger partial charge is 0.276 e. The summed E-state index contributed by atoms with van der Waals surface area (Å²) in [6.07, 6.45) is -0.437. The molecule has 0 radical (unpaired) electrons. The Morgan fingerprint density at radius 3 is 2.65 bits per heavy atom. The molecule has 128 valence electrons. The van der Waals surface area contributed by atoms with Crippen LogP contribution in [0.3, 0.4) is 0 Å². The second-order valence-electron chi connectivity index (χ2n) is 7.13. The van der Waals surface area contributed by atoms with Gasteiger partial charge in [-0.1, -0.05) is 20.8 Å². The van der Waals surface area contributed by atoms with Crippen LogP contribution in [0.4, 0.5) is 10.1 Å². The summed E-state index contributed by atoms with van der Waals surface area (Å²) < 4.78 is 31.0. The SMILES string of the molecule is CC(C)(C)[Si](C)(C)OC[C@H]1COc2cc([N+](=O)[O-])cc(F)c2O1. The van der Waals surface area contributed by atoms with Gasteiger partial charge in [-0.25, -0.2) is 4.39 Å². The number of halogens is 1. The van der Waals surface area contributed by atoms with Crippen molar-refractivity contribution in [2.75, 3.05) is 13.2 Å². The third-order valence-corrected chi connectivity index (χ3v) is 8.85. The molecular weight excluding hydrogens is 321 g/mol. The van der Waals surface area contributed by atoms with E-state index in [0.717, 1.165) is 6.07 Å². The van der Waals surface area contributed by atoms with Crippen molar-refractivity contribution < 1.29 is 23.2 Å². The lowest BCUT2D eigenvalue weighted by molar-refractivity contribution is -0.385. The quantitative estimate of drug-likeness (QED) is 0.471. The Balaban J connectivity index is 2.08. The maximum Gasteiger partial charge on any atom is 0.276 e. The zero-order valence-electron chi connectivity index (χ0n) is 14.0. The van der Waals surface area contributed by atoms with Crippen LogP contribution >= 0.6 is 0 Å². The molecule has 0 aromatic heterocycles. The van der Waals surface area contributed by atoms with Gasteiger partial charge in [0.05, 0.1) is 23.7 Å². The predicted molar refractivity (Wildman–Crippen MR) is 86.1 cm³/mol. The molecule has 1 aromatic carbocycles. The van der Waals surface area contributed by atoms with Crippen molar-refractivity contribution in [3.63, 3.8) is 0 Å². The van der Waals surface area contributed by atoms with Gasteiger partial charge < -0.3 is 13.9 Å². The van der Waals surface area contributed by atoms with Crippen LogP contribution in [0, 0.1) is 15.9 Å². The molecule has 0 saturated heterocycles. The third kappa shape index (κ3) is 3.81. The molecule has 0 unspecified atom stereocenters. The molecule has 2 rings (SSSR count). The number of nitro groups is 1. The minimum absolute atomic E-state index is 0.0558. The Hall–Kier alpha value is -1.67. The molecule has 0 saturated carbocycles.